The molecule has 120 valence electrons. The highest BCUT2D eigenvalue weighted by atomic mass is 79.9. The first kappa shape index (κ1) is 16.5. The minimum atomic E-state index is -0.460. The van der Waals surface area contributed by atoms with E-state index in [0.29, 0.717) is 23.2 Å². The molecule has 1 saturated heterocycles. The van der Waals surface area contributed by atoms with Crippen LogP contribution in [0.25, 0.3) is 0 Å². The van der Waals surface area contributed by atoms with Crippen molar-refractivity contribution >= 4 is 51.2 Å². The van der Waals surface area contributed by atoms with Crippen molar-refractivity contribution < 1.29 is 9.18 Å². The van der Waals surface area contributed by atoms with Crippen LogP contribution in [0.1, 0.15) is 25.3 Å². The number of hydrogen-bond acceptors (Lipinski definition) is 4. The summed E-state index contributed by atoms with van der Waals surface area (Å²) in [5, 5.41) is 3.30. The van der Waals surface area contributed by atoms with Crippen molar-refractivity contribution in [2.45, 2.75) is 37.6 Å². The first-order chi connectivity index (χ1) is 10.4. The maximum atomic E-state index is 13.7. The van der Waals surface area contributed by atoms with Crippen LogP contribution in [0.4, 0.5) is 10.2 Å². The smallest absolute Gasteiger partial charge is 0.260 e. The molecule has 1 saturated carbocycles. The van der Waals surface area contributed by atoms with Gasteiger partial charge in [0.25, 0.3) is 5.91 Å². The Balaban J connectivity index is 1.83. The number of pyridine rings is 1. The van der Waals surface area contributed by atoms with Crippen LogP contribution in [-0.2, 0) is 10.5 Å². The first-order valence-electron chi connectivity index (χ1n) is 6.95. The lowest BCUT2D eigenvalue weighted by Gasteiger charge is -2.21. The molecule has 0 radical (unpaired) electrons. The van der Waals surface area contributed by atoms with Crippen LogP contribution >= 0.6 is 39.5 Å². The molecule has 2 fully saturated rings. The van der Waals surface area contributed by atoms with E-state index in [-0.39, 0.29) is 22.0 Å². The molecule has 4 nitrogen and oxygen atoms in total. The van der Waals surface area contributed by atoms with Gasteiger partial charge in [-0.15, -0.1) is 0 Å². The third-order valence-corrected chi connectivity index (χ3v) is 5.87. The number of fused-ring (bicyclic) bond motifs is 1. The van der Waals surface area contributed by atoms with Crippen LogP contribution in [-0.4, -0.2) is 29.2 Å². The molecule has 3 atom stereocenters. The topological polar surface area (TPSA) is 45.2 Å². The summed E-state index contributed by atoms with van der Waals surface area (Å²) in [4.78, 5) is 16.7. The molecule has 2 heterocycles. The molecule has 1 aliphatic carbocycles. The standard InChI is InChI=1S/C14H16BrClFN3OS/c1-14-4-9(18-10(14)5-14)13(21)20(16)12-7(6-22-2)3-8(17)11(15)19-12/h3,9-10,18H,4-6H2,1-2H3/t9-,10+,14-/m0/s1. The number of thioether (sulfide) groups is 1. The van der Waals surface area contributed by atoms with Crippen molar-refractivity contribution in [3.8, 4) is 0 Å². The highest BCUT2D eigenvalue weighted by molar-refractivity contribution is 9.10. The second kappa shape index (κ2) is 5.92. The van der Waals surface area contributed by atoms with Crippen molar-refractivity contribution in [1.29, 1.82) is 0 Å². The fourth-order valence-electron chi connectivity index (χ4n) is 2.99. The van der Waals surface area contributed by atoms with Gasteiger partial charge >= 0.3 is 0 Å². The zero-order valence-corrected chi connectivity index (χ0v) is 15.4. The van der Waals surface area contributed by atoms with Gasteiger partial charge in [-0.25, -0.2) is 13.8 Å². The summed E-state index contributed by atoms with van der Waals surface area (Å²) >= 11 is 10.8. The normalized spacial score (nSPS) is 29.3. The molecule has 1 N–H and O–H groups in total. The summed E-state index contributed by atoms with van der Waals surface area (Å²) in [7, 11) is 0. The molecular formula is C14H16BrClFN3OS. The van der Waals surface area contributed by atoms with Crippen LogP contribution in [0.2, 0.25) is 0 Å². The Labute approximate surface area is 146 Å². The van der Waals surface area contributed by atoms with Gasteiger partial charge in [0.05, 0.1) is 6.04 Å². The number of aromatic nitrogens is 1. The molecule has 0 bridgehead atoms. The van der Waals surface area contributed by atoms with Gasteiger partial charge in [0, 0.05) is 29.1 Å². The first-order valence-corrected chi connectivity index (χ1v) is 9.48. The largest absolute Gasteiger partial charge is 0.302 e. The van der Waals surface area contributed by atoms with Gasteiger partial charge in [0.2, 0.25) is 0 Å². The Hall–Kier alpha value is -0.370. The van der Waals surface area contributed by atoms with Gasteiger partial charge in [-0.05, 0) is 46.5 Å². The van der Waals surface area contributed by atoms with Crippen molar-refractivity contribution in [3.63, 3.8) is 0 Å². The Morgan fingerprint density at radius 2 is 2.41 bits per heavy atom. The van der Waals surface area contributed by atoms with Gasteiger partial charge in [-0.3, -0.25) is 4.79 Å². The van der Waals surface area contributed by atoms with E-state index in [9.17, 15) is 9.18 Å². The average molecular weight is 409 g/mol. The van der Waals surface area contributed by atoms with Gasteiger partial charge in [-0.1, -0.05) is 6.92 Å². The highest BCUT2D eigenvalue weighted by Crippen LogP contribution is 2.54. The van der Waals surface area contributed by atoms with E-state index < -0.39 is 5.82 Å². The lowest BCUT2D eigenvalue weighted by Crippen LogP contribution is -2.41. The number of amides is 1. The summed E-state index contributed by atoms with van der Waals surface area (Å²) < 4.78 is 14.8. The third-order valence-electron chi connectivity index (χ3n) is 4.39. The van der Waals surface area contributed by atoms with Crippen LogP contribution in [0.5, 0.6) is 0 Å². The van der Waals surface area contributed by atoms with Gasteiger partial charge in [-0.2, -0.15) is 11.8 Å². The summed E-state index contributed by atoms with van der Waals surface area (Å²) in [5.74, 6) is 0.130. The zero-order valence-electron chi connectivity index (χ0n) is 12.2. The fourth-order valence-corrected chi connectivity index (χ4v) is 4.06. The van der Waals surface area contributed by atoms with Crippen molar-refractivity contribution in [2.24, 2.45) is 5.41 Å². The second-order valence-electron chi connectivity index (χ2n) is 6.13. The number of rotatable bonds is 4. The monoisotopic (exact) mass is 407 g/mol. The maximum absolute atomic E-state index is 13.7. The molecule has 3 rings (SSSR count). The van der Waals surface area contributed by atoms with Gasteiger partial charge in [0.1, 0.15) is 4.60 Å². The summed E-state index contributed by atoms with van der Waals surface area (Å²) in [5.41, 5.74) is 0.822. The van der Waals surface area contributed by atoms with E-state index in [1.54, 1.807) is 0 Å². The molecule has 2 aliphatic rings. The molecule has 1 aliphatic heterocycles. The van der Waals surface area contributed by atoms with E-state index in [1.165, 1.54) is 17.8 Å². The molecule has 0 spiro atoms. The maximum Gasteiger partial charge on any atom is 0.260 e. The van der Waals surface area contributed by atoms with Crippen LogP contribution in [0.15, 0.2) is 10.7 Å². The van der Waals surface area contributed by atoms with Crippen LogP contribution in [0, 0.1) is 11.2 Å². The SMILES string of the molecule is CSCc1cc(F)c(Br)nc1N(Cl)C(=O)[C@@H]1C[C@@]2(C)C[C@H]2N1. The molecular weight excluding hydrogens is 393 g/mol. The van der Waals surface area contributed by atoms with Crippen molar-refractivity contribution in [3.05, 3.63) is 22.1 Å². The summed E-state index contributed by atoms with van der Waals surface area (Å²) in [6.45, 7) is 2.17. The predicted molar refractivity (Wildman–Crippen MR) is 90.5 cm³/mol. The van der Waals surface area contributed by atoms with E-state index in [4.69, 9.17) is 11.8 Å². The van der Waals surface area contributed by atoms with E-state index >= 15 is 0 Å². The minimum Gasteiger partial charge on any atom is -0.302 e. The Morgan fingerprint density at radius 1 is 1.68 bits per heavy atom. The number of halogens is 3. The number of nitrogens with zero attached hydrogens (tertiary/aromatic N) is 2. The average Bonchev–Trinajstić information content (AvgIpc) is 2.99. The predicted octanol–water partition coefficient (Wildman–Crippen LogP) is 3.47. The minimum absolute atomic E-state index is 0.0555. The highest BCUT2D eigenvalue weighted by Gasteiger charge is 2.58. The second-order valence-corrected chi connectivity index (χ2v) is 8.09. The molecule has 1 amide bonds. The molecule has 22 heavy (non-hydrogen) atoms. The van der Waals surface area contributed by atoms with E-state index in [2.05, 4.69) is 33.2 Å². The van der Waals surface area contributed by atoms with Gasteiger partial charge in [0.15, 0.2) is 11.6 Å². The van der Waals surface area contributed by atoms with Crippen molar-refractivity contribution in [1.82, 2.24) is 10.3 Å². The van der Waals surface area contributed by atoms with E-state index in [1.807, 2.05) is 6.26 Å². The molecule has 0 unspecified atom stereocenters. The number of nitrogens with one attached hydrogen (secondary N) is 1. The van der Waals surface area contributed by atoms with Crippen molar-refractivity contribution in [2.75, 3.05) is 10.7 Å². The molecule has 1 aromatic rings. The van der Waals surface area contributed by atoms with Crippen LogP contribution < -0.4 is 9.74 Å². The molecule has 8 heteroatoms. The number of carbonyl (C=O) groups is 1. The summed E-state index contributed by atoms with van der Waals surface area (Å²) in [6.07, 6.45) is 3.79. The number of anilines is 1. The number of hydrogen-bond donors (Lipinski definition) is 1. The third kappa shape index (κ3) is 2.88. The summed E-state index contributed by atoms with van der Waals surface area (Å²) in [6, 6.07) is 1.48. The lowest BCUT2D eigenvalue weighted by molar-refractivity contribution is -0.119. The Morgan fingerprint density at radius 3 is 3.00 bits per heavy atom. The van der Waals surface area contributed by atoms with Crippen LogP contribution in [0.3, 0.4) is 0 Å². The zero-order chi connectivity index (χ0) is 16.1. The lowest BCUT2D eigenvalue weighted by atomic mass is 10.0. The number of piperidine rings is 1. The quantitative estimate of drug-likeness (QED) is 0.612. The fraction of sp³-hybridized carbons (Fsp3) is 0.571. The Bertz CT molecular complexity index is 634. The van der Waals surface area contributed by atoms with Gasteiger partial charge < -0.3 is 5.32 Å². The number of carbonyl (C=O) groups excluding carboxylic acids is 1. The molecule has 0 aromatic carbocycles. The Kier molecular flexibility index (Phi) is 4.44. The van der Waals surface area contributed by atoms with E-state index in [0.717, 1.165) is 17.3 Å². The molecule has 1 aromatic heterocycles.